The van der Waals surface area contributed by atoms with Gasteiger partial charge in [-0.15, -0.1) is 0 Å². The van der Waals surface area contributed by atoms with Crippen molar-refractivity contribution in [3.8, 4) is 0 Å². The largest absolute Gasteiger partial charge is 0.471 e. The molecule has 0 heterocycles. The molecule has 0 aliphatic heterocycles. The van der Waals surface area contributed by atoms with Crippen molar-refractivity contribution in [1.29, 1.82) is 0 Å². The molecule has 0 atom stereocenters. The second-order valence-corrected chi connectivity index (χ2v) is 4.01. The number of alkyl halides is 3. The van der Waals surface area contributed by atoms with Crippen LogP contribution in [0.2, 0.25) is 0 Å². The Kier molecular flexibility index (Phi) is 4.42. The van der Waals surface area contributed by atoms with Gasteiger partial charge >= 0.3 is 12.1 Å². The molecule has 0 radical (unpaired) electrons. The summed E-state index contributed by atoms with van der Waals surface area (Å²) in [7, 11) is 0. The minimum absolute atomic E-state index is 0.292. The molecule has 1 aliphatic rings. The van der Waals surface area contributed by atoms with Crippen molar-refractivity contribution in [2.75, 3.05) is 0 Å². The van der Waals surface area contributed by atoms with Gasteiger partial charge in [0.2, 0.25) is 0 Å². The van der Waals surface area contributed by atoms with Crippen LogP contribution in [0.1, 0.15) is 44.9 Å². The number of nitrogens with one attached hydrogen (secondary N) is 1. The number of hydrogen-bond donors (Lipinski definition) is 1. The van der Waals surface area contributed by atoms with Gasteiger partial charge in [-0.25, -0.2) is 0 Å². The van der Waals surface area contributed by atoms with E-state index in [1.165, 1.54) is 0 Å². The van der Waals surface area contributed by atoms with Crippen molar-refractivity contribution in [3.63, 3.8) is 0 Å². The lowest BCUT2D eigenvalue weighted by molar-refractivity contribution is -0.174. The van der Waals surface area contributed by atoms with Gasteiger partial charge in [-0.2, -0.15) is 13.2 Å². The van der Waals surface area contributed by atoms with E-state index in [1.807, 2.05) is 0 Å². The summed E-state index contributed by atoms with van der Waals surface area (Å²) in [6, 6.07) is -0.292. The Labute approximate surface area is 87.2 Å². The van der Waals surface area contributed by atoms with E-state index in [-0.39, 0.29) is 6.04 Å². The lowest BCUT2D eigenvalue weighted by Gasteiger charge is -2.21. The van der Waals surface area contributed by atoms with Crippen molar-refractivity contribution in [2.24, 2.45) is 0 Å². The van der Waals surface area contributed by atoms with Crippen LogP contribution in [-0.2, 0) is 4.79 Å². The third-order valence-electron chi connectivity index (χ3n) is 2.70. The highest BCUT2D eigenvalue weighted by atomic mass is 19.4. The zero-order valence-electron chi connectivity index (χ0n) is 8.57. The Morgan fingerprint density at radius 1 is 1.00 bits per heavy atom. The van der Waals surface area contributed by atoms with Crippen molar-refractivity contribution in [3.05, 3.63) is 0 Å². The first-order valence-electron chi connectivity index (χ1n) is 5.38. The maximum Gasteiger partial charge on any atom is 0.471 e. The van der Waals surface area contributed by atoms with Crippen molar-refractivity contribution >= 4 is 5.91 Å². The Hall–Kier alpha value is -0.740. The molecule has 1 aliphatic carbocycles. The molecule has 0 aromatic heterocycles. The fourth-order valence-electron chi connectivity index (χ4n) is 1.87. The Morgan fingerprint density at radius 2 is 1.47 bits per heavy atom. The van der Waals surface area contributed by atoms with E-state index in [2.05, 4.69) is 5.32 Å². The summed E-state index contributed by atoms with van der Waals surface area (Å²) < 4.78 is 35.9. The summed E-state index contributed by atoms with van der Waals surface area (Å²) >= 11 is 0. The SMILES string of the molecule is O=C(NC1CCCCCCC1)C(F)(F)F. The molecule has 1 saturated carbocycles. The second kappa shape index (κ2) is 5.37. The summed E-state index contributed by atoms with van der Waals surface area (Å²) in [5.74, 6) is -1.80. The predicted octanol–water partition coefficient (Wildman–Crippen LogP) is 2.78. The average Bonchev–Trinajstić information content (AvgIpc) is 2.07. The summed E-state index contributed by atoms with van der Waals surface area (Å²) in [6.07, 6.45) is 1.66. The molecule has 5 heteroatoms. The van der Waals surface area contributed by atoms with Gasteiger partial charge in [-0.3, -0.25) is 4.79 Å². The molecule has 2 nitrogen and oxygen atoms in total. The van der Waals surface area contributed by atoms with Gasteiger partial charge in [0, 0.05) is 6.04 Å². The zero-order chi connectivity index (χ0) is 11.3. The highest BCUT2D eigenvalue weighted by Crippen LogP contribution is 2.19. The van der Waals surface area contributed by atoms with Gasteiger partial charge in [-0.05, 0) is 12.8 Å². The minimum Gasteiger partial charge on any atom is -0.346 e. The predicted molar refractivity (Wildman–Crippen MR) is 50.3 cm³/mol. The monoisotopic (exact) mass is 223 g/mol. The Balaban J connectivity index is 2.38. The lowest BCUT2D eigenvalue weighted by Crippen LogP contribution is -2.43. The summed E-state index contributed by atoms with van der Waals surface area (Å²) in [5.41, 5.74) is 0. The molecule has 0 aromatic carbocycles. The number of carbonyl (C=O) groups is 1. The Morgan fingerprint density at radius 3 is 1.93 bits per heavy atom. The van der Waals surface area contributed by atoms with Crippen LogP contribution in [0.3, 0.4) is 0 Å². The molecule has 0 spiro atoms. The molecular weight excluding hydrogens is 207 g/mol. The van der Waals surface area contributed by atoms with Gasteiger partial charge in [0.25, 0.3) is 0 Å². The molecule has 1 amide bonds. The molecule has 1 rings (SSSR count). The maximum absolute atomic E-state index is 12.0. The molecular formula is C10H16F3NO. The third-order valence-corrected chi connectivity index (χ3v) is 2.70. The third kappa shape index (κ3) is 4.53. The molecule has 1 fully saturated rings. The highest BCUT2D eigenvalue weighted by molar-refractivity contribution is 5.81. The molecule has 1 N–H and O–H groups in total. The van der Waals surface area contributed by atoms with Gasteiger partial charge < -0.3 is 5.32 Å². The molecule has 0 aromatic rings. The number of carbonyl (C=O) groups excluding carboxylic acids is 1. The van der Waals surface area contributed by atoms with Gasteiger partial charge in [-0.1, -0.05) is 32.1 Å². The number of hydrogen-bond acceptors (Lipinski definition) is 1. The van der Waals surface area contributed by atoms with E-state index in [1.54, 1.807) is 0 Å². The topological polar surface area (TPSA) is 29.1 Å². The van der Waals surface area contributed by atoms with Crippen molar-refractivity contribution in [1.82, 2.24) is 5.32 Å². The smallest absolute Gasteiger partial charge is 0.346 e. The van der Waals surface area contributed by atoms with Crippen LogP contribution < -0.4 is 5.32 Å². The summed E-state index contributed by atoms with van der Waals surface area (Å²) in [6.45, 7) is 0. The van der Waals surface area contributed by atoms with Crippen LogP contribution >= 0.6 is 0 Å². The molecule has 15 heavy (non-hydrogen) atoms. The van der Waals surface area contributed by atoms with Crippen molar-refractivity contribution in [2.45, 2.75) is 57.2 Å². The molecule has 0 unspecified atom stereocenters. The molecule has 88 valence electrons. The van der Waals surface area contributed by atoms with Crippen molar-refractivity contribution < 1.29 is 18.0 Å². The van der Waals surface area contributed by atoms with Gasteiger partial charge in [0.15, 0.2) is 0 Å². The highest BCUT2D eigenvalue weighted by Gasteiger charge is 2.39. The van der Waals surface area contributed by atoms with Crippen LogP contribution in [-0.4, -0.2) is 18.1 Å². The van der Waals surface area contributed by atoms with Crippen LogP contribution in [0.25, 0.3) is 0 Å². The standard InChI is InChI=1S/C10H16F3NO/c11-10(12,13)9(15)14-8-6-4-2-1-3-5-7-8/h8H,1-7H2,(H,14,15). The van der Waals surface area contributed by atoms with E-state index < -0.39 is 12.1 Å². The molecule has 0 bridgehead atoms. The lowest BCUT2D eigenvalue weighted by atomic mass is 9.97. The number of amides is 1. The van der Waals surface area contributed by atoms with Crippen LogP contribution in [0.4, 0.5) is 13.2 Å². The van der Waals surface area contributed by atoms with Gasteiger partial charge in [0.1, 0.15) is 0 Å². The second-order valence-electron chi connectivity index (χ2n) is 4.01. The minimum atomic E-state index is -4.75. The maximum atomic E-state index is 12.0. The first kappa shape index (κ1) is 12.3. The Bertz CT molecular complexity index is 207. The van der Waals surface area contributed by atoms with Crippen LogP contribution in [0, 0.1) is 0 Å². The first-order valence-corrected chi connectivity index (χ1v) is 5.38. The van der Waals surface area contributed by atoms with E-state index >= 15 is 0 Å². The summed E-state index contributed by atoms with van der Waals surface area (Å²) in [4.78, 5) is 10.7. The fourth-order valence-corrected chi connectivity index (χ4v) is 1.87. The van der Waals surface area contributed by atoms with E-state index in [4.69, 9.17) is 0 Å². The van der Waals surface area contributed by atoms with Crippen LogP contribution in [0.5, 0.6) is 0 Å². The average molecular weight is 223 g/mol. The fraction of sp³-hybridized carbons (Fsp3) is 0.900. The van der Waals surface area contributed by atoms with E-state index in [0.29, 0.717) is 12.8 Å². The normalized spacial score (nSPS) is 20.5. The van der Waals surface area contributed by atoms with Crippen LogP contribution in [0.15, 0.2) is 0 Å². The van der Waals surface area contributed by atoms with E-state index in [9.17, 15) is 18.0 Å². The first-order chi connectivity index (χ1) is 7.00. The quantitative estimate of drug-likeness (QED) is 0.727. The van der Waals surface area contributed by atoms with E-state index in [0.717, 1.165) is 32.1 Å². The number of halogens is 3. The summed E-state index contributed by atoms with van der Waals surface area (Å²) in [5, 5.41) is 2.06. The van der Waals surface area contributed by atoms with Gasteiger partial charge in [0.05, 0.1) is 0 Å². The molecule has 0 saturated heterocycles. The zero-order valence-corrected chi connectivity index (χ0v) is 8.57. The number of rotatable bonds is 1.